The van der Waals surface area contributed by atoms with Gasteiger partial charge in [0.05, 0.1) is 18.7 Å². The smallest absolute Gasteiger partial charge is 0.161 e. The van der Waals surface area contributed by atoms with Crippen molar-refractivity contribution in [2.75, 3.05) is 25.6 Å². The van der Waals surface area contributed by atoms with Gasteiger partial charge in [-0.2, -0.15) is 5.26 Å². The molecular weight excluding hydrogens is 288 g/mol. The van der Waals surface area contributed by atoms with E-state index in [1.54, 1.807) is 32.2 Å². The molecule has 0 radical (unpaired) electrons. The summed E-state index contributed by atoms with van der Waals surface area (Å²) in [5.41, 5.74) is 3.08. The number of likely N-dealkylation sites (N-methyl/N-ethyl adjacent to an activating group) is 1. The SMILES string of the molecule is COc1ccccc1CCN(C)c1cc(C#N)ccc1C(C)=O. The van der Waals surface area contributed by atoms with E-state index in [4.69, 9.17) is 10.00 Å². The second-order valence-electron chi connectivity index (χ2n) is 5.38. The fourth-order valence-electron chi connectivity index (χ4n) is 2.53. The average Bonchev–Trinajstić information content (AvgIpc) is 2.59. The van der Waals surface area contributed by atoms with Crippen LogP contribution in [-0.2, 0) is 6.42 Å². The minimum absolute atomic E-state index is 0.00590. The first-order valence-electron chi connectivity index (χ1n) is 7.45. The summed E-state index contributed by atoms with van der Waals surface area (Å²) in [6.45, 7) is 2.26. The molecule has 118 valence electrons. The van der Waals surface area contributed by atoms with Gasteiger partial charge < -0.3 is 9.64 Å². The molecule has 0 heterocycles. The van der Waals surface area contributed by atoms with Crippen LogP contribution in [0.15, 0.2) is 42.5 Å². The van der Waals surface area contributed by atoms with Gasteiger partial charge in [-0.1, -0.05) is 18.2 Å². The molecule has 0 bridgehead atoms. The lowest BCUT2D eigenvalue weighted by molar-refractivity contribution is 0.101. The summed E-state index contributed by atoms with van der Waals surface area (Å²) in [5, 5.41) is 9.08. The maximum absolute atomic E-state index is 11.8. The first-order chi connectivity index (χ1) is 11.1. The van der Waals surface area contributed by atoms with Gasteiger partial charge in [0.2, 0.25) is 0 Å². The molecule has 4 nitrogen and oxygen atoms in total. The zero-order valence-electron chi connectivity index (χ0n) is 13.7. The van der Waals surface area contributed by atoms with E-state index >= 15 is 0 Å². The van der Waals surface area contributed by atoms with Crippen molar-refractivity contribution < 1.29 is 9.53 Å². The van der Waals surface area contributed by atoms with Gasteiger partial charge in [-0.3, -0.25) is 4.79 Å². The Morgan fingerprint density at radius 2 is 2.00 bits per heavy atom. The summed E-state index contributed by atoms with van der Waals surface area (Å²) in [7, 11) is 3.59. The predicted molar refractivity (Wildman–Crippen MR) is 91.1 cm³/mol. The number of para-hydroxylation sites is 1. The Hall–Kier alpha value is -2.80. The second-order valence-corrected chi connectivity index (χ2v) is 5.38. The number of nitrogens with zero attached hydrogens (tertiary/aromatic N) is 2. The number of ketones is 1. The number of benzene rings is 2. The summed E-state index contributed by atoms with van der Waals surface area (Å²) >= 11 is 0. The molecule has 0 atom stereocenters. The van der Waals surface area contributed by atoms with Gasteiger partial charge in [0.1, 0.15) is 5.75 Å². The lowest BCUT2D eigenvalue weighted by atomic mass is 10.0. The van der Waals surface area contributed by atoms with Crippen molar-refractivity contribution in [1.29, 1.82) is 5.26 Å². The highest BCUT2D eigenvalue weighted by atomic mass is 16.5. The Kier molecular flexibility index (Phi) is 5.37. The van der Waals surface area contributed by atoms with E-state index in [0.29, 0.717) is 11.1 Å². The van der Waals surface area contributed by atoms with Crippen LogP contribution in [0.5, 0.6) is 5.75 Å². The second kappa shape index (κ2) is 7.46. The standard InChI is InChI=1S/C19H20N2O2/c1-14(22)17-9-8-15(13-20)12-18(17)21(2)11-10-16-6-4-5-7-19(16)23-3/h4-9,12H,10-11H2,1-3H3. The summed E-state index contributed by atoms with van der Waals surface area (Å²) < 4.78 is 5.37. The van der Waals surface area contributed by atoms with Crippen LogP contribution in [-0.4, -0.2) is 26.5 Å². The monoisotopic (exact) mass is 308 g/mol. The number of ether oxygens (including phenoxy) is 1. The fraction of sp³-hybridized carbons (Fsp3) is 0.263. The molecule has 2 rings (SSSR count). The number of carbonyl (C=O) groups is 1. The molecule has 2 aromatic carbocycles. The Labute approximate surface area is 136 Å². The van der Waals surface area contributed by atoms with Crippen molar-refractivity contribution in [1.82, 2.24) is 0 Å². The van der Waals surface area contributed by atoms with E-state index in [9.17, 15) is 4.79 Å². The Balaban J connectivity index is 2.22. The number of rotatable bonds is 6. The summed E-state index contributed by atoms with van der Waals surface area (Å²) in [5.74, 6) is 0.854. The first kappa shape index (κ1) is 16.6. The zero-order chi connectivity index (χ0) is 16.8. The van der Waals surface area contributed by atoms with Crippen molar-refractivity contribution in [3.05, 3.63) is 59.2 Å². The third-order valence-corrected chi connectivity index (χ3v) is 3.83. The number of anilines is 1. The maximum Gasteiger partial charge on any atom is 0.161 e. The van der Waals surface area contributed by atoms with Crippen molar-refractivity contribution in [3.8, 4) is 11.8 Å². The van der Waals surface area contributed by atoms with Gasteiger partial charge >= 0.3 is 0 Å². The molecular formula is C19H20N2O2. The van der Waals surface area contributed by atoms with Gasteiger partial charge in [0.15, 0.2) is 5.78 Å². The van der Waals surface area contributed by atoms with Crippen LogP contribution < -0.4 is 9.64 Å². The largest absolute Gasteiger partial charge is 0.496 e. The first-order valence-corrected chi connectivity index (χ1v) is 7.45. The number of hydrogen-bond donors (Lipinski definition) is 0. The van der Waals surface area contributed by atoms with E-state index in [2.05, 4.69) is 6.07 Å². The minimum Gasteiger partial charge on any atom is -0.496 e. The van der Waals surface area contributed by atoms with Gasteiger partial charge in [-0.15, -0.1) is 0 Å². The highest BCUT2D eigenvalue weighted by Gasteiger charge is 2.13. The molecule has 0 N–H and O–H groups in total. The molecule has 0 aromatic heterocycles. The van der Waals surface area contributed by atoms with E-state index in [1.165, 1.54) is 0 Å². The molecule has 0 saturated heterocycles. The third-order valence-electron chi connectivity index (χ3n) is 3.83. The predicted octanol–water partition coefficient (Wildman–Crippen LogP) is 3.45. The molecule has 0 aliphatic carbocycles. The molecule has 0 saturated carbocycles. The molecule has 0 aliphatic rings. The minimum atomic E-state index is -0.00590. The van der Waals surface area contributed by atoms with Crippen LogP contribution >= 0.6 is 0 Å². The molecule has 4 heteroatoms. The van der Waals surface area contributed by atoms with Crippen LogP contribution in [0.2, 0.25) is 0 Å². The molecule has 0 aliphatic heterocycles. The topological polar surface area (TPSA) is 53.3 Å². The van der Waals surface area contributed by atoms with Crippen molar-refractivity contribution in [2.45, 2.75) is 13.3 Å². The van der Waals surface area contributed by atoms with Crippen LogP contribution in [0.1, 0.15) is 28.4 Å². The fourth-order valence-corrected chi connectivity index (χ4v) is 2.53. The zero-order valence-corrected chi connectivity index (χ0v) is 13.7. The van der Waals surface area contributed by atoms with Crippen LogP contribution in [0.3, 0.4) is 0 Å². The van der Waals surface area contributed by atoms with Gasteiger partial charge in [0.25, 0.3) is 0 Å². The number of nitriles is 1. The van der Waals surface area contributed by atoms with Crippen molar-refractivity contribution in [2.24, 2.45) is 0 Å². The van der Waals surface area contributed by atoms with Crippen LogP contribution in [0.25, 0.3) is 0 Å². The Bertz CT molecular complexity index is 747. The molecule has 0 spiro atoms. The average molecular weight is 308 g/mol. The van der Waals surface area contributed by atoms with E-state index in [0.717, 1.165) is 30.0 Å². The van der Waals surface area contributed by atoms with E-state index in [1.807, 2.05) is 36.2 Å². The van der Waals surface area contributed by atoms with Crippen molar-refractivity contribution >= 4 is 11.5 Å². The lowest BCUT2D eigenvalue weighted by Gasteiger charge is -2.22. The van der Waals surface area contributed by atoms with Crippen LogP contribution in [0.4, 0.5) is 5.69 Å². The summed E-state index contributed by atoms with van der Waals surface area (Å²) in [6, 6.07) is 15.2. The normalized spacial score (nSPS) is 10.0. The van der Waals surface area contributed by atoms with Crippen LogP contribution in [0, 0.1) is 11.3 Å². The quantitative estimate of drug-likeness (QED) is 0.767. The molecule has 2 aromatic rings. The highest BCUT2D eigenvalue weighted by Crippen LogP contribution is 2.24. The molecule has 0 fully saturated rings. The van der Waals surface area contributed by atoms with Gasteiger partial charge in [-0.25, -0.2) is 0 Å². The Morgan fingerprint density at radius 1 is 1.26 bits per heavy atom. The lowest BCUT2D eigenvalue weighted by Crippen LogP contribution is -2.22. The molecule has 23 heavy (non-hydrogen) atoms. The number of methoxy groups -OCH3 is 1. The van der Waals surface area contributed by atoms with Gasteiger partial charge in [-0.05, 0) is 43.2 Å². The summed E-state index contributed by atoms with van der Waals surface area (Å²) in [6.07, 6.45) is 0.786. The van der Waals surface area contributed by atoms with Gasteiger partial charge in [0, 0.05) is 24.8 Å². The van der Waals surface area contributed by atoms with E-state index < -0.39 is 0 Å². The van der Waals surface area contributed by atoms with E-state index in [-0.39, 0.29) is 5.78 Å². The highest BCUT2D eigenvalue weighted by molar-refractivity contribution is 6.00. The molecule has 0 unspecified atom stereocenters. The number of carbonyl (C=O) groups excluding carboxylic acids is 1. The maximum atomic E-state index is 11.8. The third kappa shape index (κ3) is 3.89. The number of Topliss-reactive ketones (excluding diaryl/α,β-unsaturated/α-hetero) is 1. The molecule has 0 amide bonds. The summed E-state index contributed by atoms with van der Waals surface area (Å²) in [4.78, 5) is 13.8. The van der Waals surface area contributed by atoms with Crippen molar-refractivity contribution in [3.63, 3.8) is 0 Å². The number of hydrogen-bond acceptors (Lipinski definition) is 4. The Morgan fingerprint density at radius 3 is 2.65 bits per heavy atom.